The second-order valence-corrected chi connectivity index (χ2v) is 4.55. The van der Waals surface area contributed by atoms with Gasteiger partial charge in [0.15, 0.2) is 0 Å². The molecule has 0 spiro atoms. The largest absolute Gasteiger partial charge is 0.468 e. The summed E-state index contributed by atoms with van der Waals surface area (Å²) in [6.45, 7) is 2.58. The number of carbonyl (C=O) groups excluding carboxylic acids is 2. The van der Waals surface area contributed by atoms with Crippen molar-refractivity contribution in [3.8, 4) is 0 Å². The maximum atomic E-state index is 11.7. The van der Waals surface area contributed by atoms with E-state index in [2.05, 4.69) is 29.1 Å². The van der Waals surface area contributed by atoms with Crippen molar-refractivity contribution < 1.29 is 14.3 Å². The van der Waals surface area contributed by atoms with Crippen LogP contribution in [0.3, 0.4) is 0 Å². The van der Waals surface area contributed by atoms with Crippen LogP contribution in [0.15, 0.2) is 24.3 Å². The predicted molar refractivity (Wildman–Crippen MR) is 70.7 cm³/mol. The summed E-state index contributed by atoms with van der Waals surface area (Å²) in [6, 6.07) is 7.86. The number of ether oxygens (including phenoxy) is 1. The van der Waals surface area contributed by atoms with E-state index in [0.29, 0.717) is 6.54 Å². The highest BCUT2D eigenvalue weighted by molar-refractivity contribution is 5.82. The minimum Gasteiger partial charge on any atom is -0.468 e. The quantitative estimate of drug-likeness (QED) is 0.836. The molecular formula is C14H18N2O3. The van der Waals surface area contributed by atoms with Gasteiger partial charge in [-0.25, -0.2) is 4.79 Å². The highest BCUT2D eigenvalue weighted by Gasteiger charge is 2.31. The first-order chi connectivity index (χ1) is 9.13. The summed E-state index contributed by atoms with van der Waals surface area (Å²) >= 11 is 0. The second kappa shape index (κ2) is 5.73. The summed E-state index contributed by atoms with van der Waals surface area (Å²) in [5.74, 6) is -0.405. The molecule has 1 fully saturated rings. The first-order valence-electron chi connectivity index (χ1n) is 6.35. The van der Waals surface area contributed by atoms with Crippen LogP contribution in [-0.4, -0.2) is 37.1 Å². The predicted octanol–water partition coefficient (Wildman–Crippen LogP) is 1.49. The van der Waals surface area contributed by atoms with Gasteiger partial charge in [-0.05, 0) is 17.5 Å². The van der Waals surface area contributed by atoms with E-state index in [1.807, 2.05) is 12.1 Å². The molecule has 1 heterocycles. The molecule has 1 N–H and O–H groups in total. The topological polar surface area (TPSA) is 58.6 Å². The van der Waals surface area contributed by atoms with Gasteiger partial charge in [0.05, 0.1) is 13.2 Å². The Morgan fingerprint density at radius 2 is 2.11 bits per heavy atom. The van der Waals surface area contributed by atoms with Crippen molar-refractivity contribution in [2.75, 3.05) is 20.2 Å². The Morgan fingerprint density at radius 1 is 1.42 bits per heavy atom. The van der Waals surface area contributed by atoms with Crippen molar-refractivity contribution in [2.24, 2.45) is 0 Å². The first kappa shape index (κ1) is 13.4. The van der Waals surface area contributed by atoms with E-state index in [9.17, 15) is 9.59 Å². The van der Waals surface area contributed by atoms with Crippen LogP contribution in [0.4, 0.5) is 4.79 Å². The fraction of sp³-hybridized carbons (Fsp3) is 0.429. The van der Waals surface area contributed by atoms with Gasteiger partial charge in [-0.3, -0.25) is 4.79 Å². The van der Waals surface area contributed by atoms with Crippen molar-refractivity contribution >= 4 is 12.0 Å². The van der Waals surface area contributed by atoms with Crippen molar-refractivity contribution in [1.82, 2.24) is 10.2 Å². The second-order valence-electron chi connectivity index (χ2n) is 4.55. The number of hydrogen-bond donors (Lipinski definition) is 1. The van der Waals surface area contributed by atoms with E-state index in [1.54, 1.807) is 0 Å². The van der Waals surface area contributed by atoms with E-state index in [4.69, 9.17) is 0 Å². The van der Waals surface area contributed by atoms with Crippen LogP contribution in [0.25, 0.3) is 0 Å². The van der Waals surface area contributed by atoms with Gasteiger partial charge in [0.1, 0.15) is 6.54 Å². The number of rotatable bonds is 4. The molecule has 0 saturated carbocycles. The number of aryl methyl sites for hydroxylation is 1. The lowest BCUT2D eigenvalue weighted by molar-refractivity contribution is -0.141. The van der Waals surface area contributed by atoms with Crippen LogP contribution in [0.2, 0.25) is 0 Å². The lowest BCUT2D eigenvalue weighted by Crippen LogP contribution is -2.33. The fourth-order valence-corrected chi connectivity index (χ4v) is 2.12. The summed E-state index contributed by atoms with van der Waals surface area (Å²) in [7, 11) is 1.32. The average molecular weight is 262 g/mol. The monoisotopic (exact) mass is 262 g/mol. The molecule has 1 aliphatic heterocycles. The highest BCUT2D eigenvalue weighted by Crippen LogP contribution is 2.20. The number of benzene rings is 1. The molecule has 1 saturated heterocycles. The van der Waals surface area contributed by atoms with E-state index >= 15 is 0 Å². The van der Waals surface area contributed by atoms with Crippen LogP contribution in [0, 0.1) is 0 Å². The Hall–Kier alpha value is -2.04. The number of esters is 1. The Morgan fingerprint density at radius 3 is 2.68 bits per heavy atom. The lowest BCUT2D eigenvalue weighted by Gasteiger charge is -2.13. The van der Waals surface area contributed by atoms with Gasteiger partial charge >= 0.3 is 12.0 Å². The number of nitrogens with zero attached hydrogens (tertiary/aromatic N) is 1. The minimum atomic E-state index is -0.405. The van der Waals surface area contributed by atoms with E-state index in [-0.39, 0.29) is 18.6 Å². The first-order valence-corrected chi connectivity index (χ1v) is 6.35. The number of hydrogen-bond acceptors (Lipinski definition) is 3. The summed E-state index contributed by atoms with van der Waals surface area (Å²) < 4.78 is 4.57. The Labute approximate surface area is 112 Å². The molecular weight excluding hydrogens is 244 g/mol. The average Bonchev–Trinajstić information content (AvgIpc) is 2.80. The molecule has 102 valence electrons. The molecule has 0 bridgehead atoms. The van der Waals surface area contributed by atoms with Gasteiger partial charge in [-0.1, -0.05) is 31.2 Å². The molecule has 2 rings (SSSR count). The number of carbonyl (C=O) groups is 2. The molecule has 5 nitrogen and oxygen atoms in total. The van der Waals surface area contributed by atoms with Crippen LogP contribution < -0.4 is 5.32 Å². The van der Waals surface area contributed by atoms with Crippen LogP contribution >= 0.6 is 0 Å². The third-order valence-corrected chi connectivity index (χ3v) is 3.33. The zero-order valence-corrected chi connectivity index (χ0v) is 11.2. The van der Waals surface area contributed by atoms with Crippen LogP contribution in [0.5, 0.6) is 0 Å². The Bertz CT molecular complexity index is 470. The van der Waals surface area contributed by atoms with Crippen molar-refractivity contribution in [2.45, 2.75) is 19.4 Å². The van der Waals surface area contributed by atoms with E-state index in [1.165, 1.54) is 17.6 Å². The summed E-state index contributed by atoms with van der Waals surface area (Å²) in [5.41, 5.74) is 2.32. The van der Waals surface area contributed by atoms with Gasteiger partial charge in [0.25, 0.3) is 0 Å². The molecule has 1 atom stereocenters. The molecule has 5 heteroatoms. The number of nitrogens with one attached hydrogen (secondary N) is 1. The van der Waals surface area contributed by atoms with Gasteiger partial charge in [0.2, 0.25) is 0 Å². The Kier molecular flexibility index (Phi) is 4.04. The molecule has 1 unspecified atom stereocenters. The molecule has 0 aliphatic carbocycles. The third-order valence-electron chi connectivity index (χ3n) is 3.33. The third kappa shape index (κ3) is 3.05. The van der Waals surface area contributed by atoms with Crippen molar-refractivity contribution in [1.29, 1.82) is 0 Å². The molecule has 19 heavy (non-hydrogen) atoms. The standard InChI is InChI=1S/C14H18N2O3/c1-3-10-4-6-11(7-5-10)12-8-16(14(18)15-12)9-13(17)19-2/h4-7,12H,3,8-9H2,1-2H3,(H,15,18). The molecule has 0 radical (unpaired) electrons. The van der Waals surface area contributed by atoms with Crippen LogP contribution in [-0.2, 0) is 16.0 Å². The number of methoxy groups -OCH3 is 1. The van der Waals surface area contributed by atoms with Gasteiger partial charge in [0, 0.05) is 6.54 Å². The lowest BCUT2D eigenvalue weighted by atomic mass is 10.0. The normalized spacial score (nSPS) is 18.3. The van der Waals surface area contributed by atoms with Gasteiger partial charge in [-0.15, -0.1) is 0 Å². The molecule has 2 amide bonds. The Balaban J connectivity index is 2.03. The zero-order valence-electron chi connectivity index (χ0n) is 11.2. The highest BCUT2D eigenvalue weighted by atomic mass is 16.5. The van der Waals surface area contributed by atoms with E-state index < -0.39 is 5.97 Å². The van der Waals surface area contributed by atoms with Crippen LogP contribution in [0.1, 0.15) is 24.1 Å². The molecule has 1 aromatic carbocycles. The van der Waals surface area contributed by atoms with Crippen molar-refractivity contribution in [3.63, 3.8) is 0 Å². The zero-order chi connectivity index (χ0) is 13.8. The number of urea groups is 1. The molecule has 1 aromatic rings. The summed E-state index contributed by atoms with van der Waals surface area (Å²) in [6.07, 6.45) is 0.992. The summed E-state index contributed by atoms with van der Waals surface area (Å²) in [4.78, 5) is 24.4. The van der Waals surface area contributed by atoms with Crippen molar-refractivity contribution in [3.05, 3.63) is 35.4 Å². The number of amides is 2. The fourth-order valence-electron chi connectivity index (χ4n) is 2.12. The van der Waals surface area contributed by atoms with E-state index in [0.717, 1.165) is 12.0 Å². The smallest absolute Gasteiger partial charge is 0.325 e. The minimum absolute atomic E-state index is 0.00806. The maximum absolute atomic E-state index is 11.7. The maximum Gasteiger partial charge on any atom is 0.325 e. The molecule has 0 aromatic heterocycles. The SMILES string of the molecule is CCc1ccc(C2CN(CC(=O)OC)C(=O)N2)cc1. The van der Waals surface area contributed by atoms with Gasteiger partial charge < -0.3 is 15.0 Å². The van der Waals surface area contributed by atoms with Gasteiger partial charge in [-0.2, -0.15) is 0 Å². The summed E-state index contributed by atoms with van der Waals surface area (Å²) in [5, 5.41) is 2.87. The molecule has 1 aliphatic rings.